The summed E-state index contributed by atoms with van der Waals surface area (Å²) in [6.07, 6.45) is -0.178. The molecule has 0 radical (unpaired) electrons. The Morgan fingerprint density at radius 2 is 2.00 bits per heavy atom. The molecule has 72 valence electrons. The highest BCUT2D eigenvalue weighted by Gasteiger charge is 2.53. The molecular formula is C7H13F2NO2. The van der Waals surface area contributed by atoms with Crippen LogP contribution in [-0.4, -0.2) is 23.5 Å². The molecule has 0 rings (SSSR count). The minimum absolute atomic E-state index is 0.178. The predicted molar refractivity (Wildman–Crippen MR) is 40.0 cm³/mol. The van der Waals surface area contributed by atoms with Gasteiger partial charge >= 0.3 is 5.97 Å². The Morgan fingerprint density at radius 1 is 1.58 bits per heavy atom. The molecule has 5 heteroatoms. The lowest BCUT2D eigenvalue weighted by molar-refractivity contribution is -0.174. The summed E-state index contributed by atoms with van der Waals surface area (Å²) in [7, 11) is 0. The molecule has 0 aliphatic heterocycles. The third-order valence-corrected chi connectivity index (χ3v) is 2.20. The number of nitrogens with two attached hydrogens (primary N) is 1. The van der Waals surface area contributed by atoms with Crippen LogP contribution in [0, 0.1) is 5.41 Å². The van der Waals surface area contributed by atoms with E-state index in [9.17, 15) is 13.6 Å². The largest absolute Gasteiger partial charge is 0.481 e. The molecular weight excluding hydrogens is 168 g/mol. The molecule has 0 aromatic heterocycles. The van der Waals surface area contributed by atoms with Crippen molar-refractivity contribution in [3.63, 3.8) is 0 Å². The third kappa shape index (κ3) is 1.55. The van der Waals surface area contributed by atoms with E-state index < -0.39 is 23.9 Å². The van der Waals surface area contributed by atoms with Crippen molar-refractivity contribution < 1.29 is 18.7 Å². The van der Waals surface area contributed by atoms with Crippen LogP contribution >= 0.6 is 0 Å². The maximum atomic E-state index is 12.8. The van der Waals surface area contributed by atoms with Crippen LogP contribution in [0.4, 0.5) is 8.78 Å². The molecule has 0 saturated carbocycles. The Hall–Kier alpha value is -0.710. The highest BCUT2D eigenvalue weighted by molar-refractivity contribution is 5.76. The molecule has 12 heavy (non-hydrogen) atoms. The van der Waals surface area contributed by atoms with Gasteiger partial charge in [-0.1, -0.05) is 6.92 Å². The van der Waals surface area contributed by atoms with Crippen molar-refractivity contribution >= 4 is 5.97 Å². The van der Waals surface area contributed by atoms with Crippen molar-refractivity contribution in [2.75, 3.05) is 6.54 Å². The molecule has 0 aliphatic rings. The molecule has 0 fully saturated rings. The van der Waals surface area contributed by atoms with Crippen LogP contribution in [0.5, 0.6) is 0 Å². The van der Waals surface area contributed by atoms with E-state index >= 15 is 0 Å². The lowest BCUT2D eigenvalue weighted by Crippen LogP contribution is -2.50. The molecule has 0 heterocycles. The Labute approximate surface area is 69.6 Å². The van der Waals surface area contributed by atoms with Gasteiger partial charge in [-0.05, 0) is 6.42 Å². The Balaban J connectivity index is 4.97. The third-order valence-electron chi connectivity index (χ3n) is 2.20. The summed E-state index contributed by atoms with van der Waals surface area (Å²) in [5.74, 6) is -4.83. The maximum absolute atomic E-state index is 12.8. The van der Waals surface area contributed by atoms with Gasteiger partial charge in [0.05, 0.1) is 0 Å². The van der Waals surface area contributed by atoms with Crippen molar-refractivity contribution in [1.82, 2.24) is 0 Å². The monoisotopic (exact) mass is 181 g/mol. The molecule has 0 aliphatic carbocycles. The summed E-state index contributed by atoms with van der Waals surface area (Å²) in [4.78, 5) is 10.6. The second-order valence-electron chi connectivity index (χ2n) is 2.83. The topological polar surface area (TPSA) is 63.3 Å². The first kappa shape index (κ1) is 11.3. The Morgan fingerprint density at radius 3 is 2.00 bits per heavy atom. The van der Waals surface area contributed by atoms with Crippen LogP contribution in [0.3, 0.4) is 0 Å². The van der Waals surface area contributed by atoms with Crippen LogP contribution in [0.1, 0.15) is 20.3 Å². The van der Waals surface area contributed by atoms with E-state index in [1.165, 1.54) is 6.92 Å². The fraction of sp³-hybridized carbons (Fsp3) is 0.857. The van der Waals surface area contributed by atoms with Gasteiger partial charge < -0.3 is 10.8 Å². The van der Waals surface area contributed by atoms with E-state index in [1.54, 1.807) is 0 Å². The number of carboxylic acid groups (broad SMARTS) is 1. The Kier molecular flexibility index (Phi) is 3.15. The van der Waals surface area contributed by atoms with Crippen molar-refractivity contribution in [2.24, 2.45) is 11.1 Å². The van der Waals surface area contributed by atoms with Crippen LogP contribution in [0.2, 0.25) is 0 Å². The SMILES string of the molecule is CCC(CN)(C(=O)O)C(C)(F)F. The quantitative estimate of drug-likeness (QED) is 0.682. The van der Waals surface area contributed by atoms with Gasteiger partial charge in [0.2, 0.25) is 0 Å². The number of carboxylic acids is 1. The molecule has 0 spiro atoms. The number of alkyl halides is 2. The molecule has 0 bridgehead atoms. The molecule has 0 aromatic rings. The van der Waals surface area contributed by atoms with E-state index in [0.717, 1.165) is 0 Å². The van der Waals surface area contributed by atoms with Gasteiger partial charge in [-0.25, -0.2) is 8.78 Å². The average molecular weight is 181 g/mol. The maximum Gasteiger partial charge on any atom is 0.317 e. The second kappa shape index (κ2) is 3.35. The van der Waals surface area contributed by atoms with Crippen molar-refractivity contribution in [1.29, 1.82) is 0 Å². The highest BCUT2D eigenvalue weighted by Crippen LogP contribution is 2.38. The van der Waals surface area contributed by atoms with Gasteiger partial charge in [0.25, 0.3) is 5.92 Å². The number of hydrogen-bond acceptors (Lipinski definition) is 2. The fourth-order valence-corrected chi connectivity index (χ4v) is 1.06. The zero-order valence-corrected chi connectivity index (χ0v) is 7.10. The van der Waals surface area contributed by atoms with Gasteiger partial charge in [0.15, 0.2) is 0 Å². The first-order valence-electron chi connectivity index (χ1n) is 3.63. The predicted octanol–water partition coefficient (Wildman–Crippen LogP) is 1.08. The van der Waals surface area contributed by atoms with E-state index in [2.05, 4.69) is 0 Å². The van der Waals surface area contributed by atoms with Crippen LogP contribution in [-0.2, 0) is 4.79 Å². The zero-order valence-electron chi connectivity index (χ0n) is 7.10. The summed E-state index contributed by atoms with van der Waals surface area (Å²) in [6.45, 7) is 1.41. The van der Waals surface area contributed by atoms with Crippen LogP contribution in [0.25, 0.3) is 0 Å². The minimum atomic E-state index is -3.29. The number of halogens is 2. The van der Waals surface area contributed by atoms with Crippen molar-refractivity contribution in [3.05, 3.63) is 0 Å². The van der Waals surface area contributed by atoms with Gasteiger partial charge in [-0.15, -0.1) is 0 Å². The Bertz CT molecular complexity index is 173. The molecule has 1 unspecified atom stereocenters. The minimum Gasteiger partial charge on any atom is -0.481 e. The molecule has 0 aromatic carbocycles. The highest BCUT2D eigenvalue weighted by atomic mass is 19.3. The van der Waals surface area contributed by atoms with Crippen LogP contribution < -0.4 is 5.73 Å². The summed E-state index contributed by atoms with van der Waals surface area (Å²) in [6, 6.07) is 0. The summed E-state index contributed by atoms with van der Waals surface area (Å²) in [5, 5.41) is 8.60. The van der Waals surface area contributed by atoms with Gasteiger partial charge in [0, 0.05) is 13.5 Å². The molecule has 3 N–H and O–H groups in total. The number of aliphatic carboxylic acids is 1. The van der Waals surface area contributed by atoms with Gasteiger partial charge in [-0.3, -0.25) is 4.79 Å². The van der Waals surface area contributed by atoms with Crippen LogP contribution in [0.15, 0.2) is 0 Å². The fourth-order valence-electron chi connectivity index (χ4n) is 1.06. The lowest BCUT2D eigenvalue weighted by atomic mass is 9.79. The number of rotatable bonds is 4. The summed E-state index contributed by atoms with van der Waals surface area (Å²) < 4.78 is 25.7. The molecule has 3 nitrogen and oxygen atoms in total. The smallest absolute Gasteiger partial charge is 0.317 e. The van der Waals surface area contributed by atoms with E-state index in [0.29, 0.717) is 6.92 Å². The van der Waals surface area contributed by atoms with Crippen molar-refractivity contribution in [2.45, 2.75) is 26.2 Å². The van der Waals surface area contributed by atoms with E-state index in [4.69, 9.17) is 10.8 Å². The summed E-state index contributed by atoms with van der Waals surface area (Å²) >= 11 is 0. The van der Waals surface area contributed by atoms with Gasteiger partial charge in [-0.2, -0.15) is 0 Å². The van der Waals surface area contributed by atoms with E-state index in [1.807, 2.05) is 0 Å². The normalized spacial score (nSPS) is 17.1. The molecule has 0 saturated heterocycles. The zero-order chi connectivity index (χ0) is 9.99. The lowest BCUT2D eigenvalue weighted by Gasteiger charge is -2.32. The first-order chi connectivity index (χ1) is 5.31. The summed E-state index contributed by atoms with van der Waals surface area (Å²) in [5.41, 5.74) is 2.93. The standard InChI is InChI=1S/C7H13F2NO2/c1-3-7(4-10,5(11)12)6(2,8)9/h3-4,10H2,1-2H3,(H,11,12). The van der Waals surface area contributed by atoms with Crippen molar-refractivity contribution in [3.8, 4) is 0 Å². The average Bonchev–Trinajstić information content (AvgIpc) is 1.87. The van der Waals surface area contributed by atoms with Gasteiger partial charge in [0.1, 0.15) is 5.41 Å². The first-order valence-corrected chi connectivity index (χ1v) is 3.63. The second-order valence-corrected chi connectivity index (χ2v) is 2.83. The number of hydrogen-bond donors (Lipinski definition) is 2. The number of carbonyl (C=O) groups is 1. The van der Waals surface area contributed by atoms with E-state index in [-0.39, 0.29) is 6.42 Å². The molecule has 1 atom stereocenters. The molecule has 0 amide bonds.